The zero-order valence-corrected chi connectivity index (χ0v) is 14.8. The third-order valence-electron chi connectivity index (χ3n) is 4.88. The topological polar surface area (TPSA) is 45.7 Å². The standard InChI is InChI=1S/C21H21N3O2/c1-26-17-9-7-16(8-10-17)23-12-14-24(15-13-23)21(25)19-4-2-6-20-18(19)5-3-11-22-20/h2-11H,12-15H2,1H3. The van der Waals surface area contributed by atoms with Gasteiger partial charge in [0.1, 0.15) is 5.75 Å². The van der Waals surface area contributed by atoms with E-state index in [4.69, 9.17) is 4.74 Å². The smallest absolute Gasteiger partial charge is 0.254 e. The quantitative estimate of drug-likeness (QED) is 0.730. The summed E-state index contributed by atoms with van der Waals surface area (Å²) in [6.07, 6.45) is 1.75. The molecule has 0 radical (unpaired) electrons. The lowest BCUT2D eigenvalue weighted by atomic mass is 10.1. The molecular weight excluding hydrogens is 326 g/mol. The fourth-order valence-electron chi connectivity index (χ4n) is 3.42. The lowest BCUT2D eigenvalue weighted by Crippen LogP contribution is -2.48. The van der Waals surface area contributed by atoms with Crippen LogP contribution in [0.2, 0.25) is 0 Å². The number of ether oxygens (including phenoxy) is 1. The Balaban J connectivity index is 1.48. The van der Waals surface area contributed by atoms with E-state index < -0.39 is 0 Å². The zero-order chi connectivity index (χ0) is 17.9. The first kappa shape index (κ1) is 16.4. The summed E-state index contributed by atoms with van der Waals surface area (Å²) in [6.45, 7) is 3.06. The molecule has 1 amide bonds. The number of amides is 1. The normalized spacial score (nSPS) is 14.5. The van der Waals surface area contributed by atoms with Crippen molar-refractivity contribution in [3.63, 3.8) is 0 Å². The van der Waals surface area contributed by atoms with E-state index in [2.05, 4.69) is 22.0 Å². The molecule has 0 spiro atoms. The fraction of sp³-hybridized carbons (Fsp3) is 0.238. The van der Waals surface area contributed by atoms with Crippen LogP contribution in [0.1, 0.15) is 10.4 Å². The van der Waals surface area contributed by atoms with Crippen molar-refractivity contribution in [2.75, 3.05) is 38.2 Å². The van der Waals surface area contributed by atoms with E-state index in [1.54, 1.807) is 13.3 Å². The largest absolute Gasteiger partial charge is 0.497 e. The highest BCUT2D eigenvalue weighted by atomic mass is 16.5. The van der Waals surface area contributed by atoms with Crippen LogP contribution >= 0.6 is 0 Å². The summed E-state index contributed by atoms with van der Waals surface area (Å²) < 4.78 is 5.21. The van der Waals surface area contributed by atoms with Crippen LogP contribution in [0.4, 0.5) is 5.69 Å². The molecule has 1 aliphatic heterocycles. The van der Waals surface area contributed by atoms with Crippen molar-refractivity contribution in [2.45, 2.75) is 0 Å². The van der Waals surface area contributed by atoms with Crippen LogP contribution in [-0.4, -0.2) is 49.1 Å². The van der Waals surface area contributed by atoms with Gasteiger partial charge in [0.2, 0.25) is 0 Å². The van der Waals surface area contributed by atoms with E-state index in [1.807, 2.05) is 47.4 Å². The Labute approximate surface area is 152 Å². The Bertz CT molecular complexity index is 911. The molecular formula is C21H21N3O2. The minimum atomic E-state index is 0.0815. The van der Waals surface area contributed by atoms with Gasteiger partial charge in [0.15, 0.2) is 0 Å². The predicted molar refractivity (Wildman–Crippen MR) is 103 cm³/mol. The highest BCUT2D eigenvalue weighted by Gasteiger charge is 2.23. The Hall–Kier alpha value is -3.08. The predicted octanol–water partition coefficient (Wildman–Crippen LogP) is 3.21. The first-order valence-corrected chi connectivity index (χ1v) is 8.78. The fourth-order valence-corrected chi connectivity index (χ4v) is 3.42. The highest BCUT2D eigenvalue weighted by Crippen LogP contribution is 2.22. The van der Waals surface area contributed by atoms with Gasteiger partial charge in [-0.05, 0) is 42.5 Å². The summed E-state index contributed by atoms with van der Waals surface area (Å²) in [5.41, 5.74) is 2.75. The van der Waals surface area contributed by atoms with Gasteiger partial charge in [0.05, 0.1) is 12.6 Å². The number of methoxy groups -OCH3 is 1. The van der Waals surface area contributed by atoms with Crippen LogP contribution in [0.25, 0.3) is 10.9 Å². The van der Waals surface area contributed by atoms with Gasteiger partial charge in [-0.3, -0.25) is 9.78 Å². The van der Waals surface area contributed by atoms with Crippen LogP contribution < -0.4 is 9.64 Å². The summed E-state index contributed by atoms with van der Waals surface area (Å²) in [6, 6.07) is 17.6. The number of hydrogen-bond donors (Lipinski definition) is 0. The van der Waals surface area contributed by atoms with Gasteiger partial charge in [-0.1, -0.05) is 12.1 Å². The maximum atomic E-state index is 13.0. The van der Waals surface area contributed by atoms with Gasteiger partial charge in [0, 0.05) is 49.0 Å². The third-order valence-corrected chi connectivity index (χ3v) is 4.88. The van der Waals surface area contributed by atoms with E-state index in [9.17, 15) is 4.79 Å². The Morgan fingerprint density at radius 1 is 0.962 bits per heavy atom. The molecule has 5 nitrogen and oxygen atoms in total. The Kier molecular flexibility index (Phi) is 4.44. The summed E-state index contributed by atoms with van der Waals surface area (Å²) in [5.74, 6) is 0.935. The summed E-state index contributed by atoms with van der Waals surface area (Å²) in [5, 5.41) is 0.914. The number of pyridine rings is 1. The number of aromatic nitrogens is 1. The molecule has 0 unspecified atom stereocenters. The second kappa shape index (κ2) is 7.04. The minimum absolute atomic E-state index is 0.0815. The summed E-state index contributed by atoms with van der Waals surface area (Å²) in [7, 11) is 1.67. The molecule has 0 atom stereocenters. The number of carbonyl (C=O) groups is 1. The van der Waals surface area contributed by atoms with Crippen LogP contribution in [0.3, 0.4) is 0 Å². The molecule has 5 heteroatoms. The molecule has 3 aromatic rings. The van der Waals surface area contributed by atoms with E-state index >= 15 is 0 Å². The van der Waals surface area contributed by atoms with E-state index in [-0.39, 0.29) is 5.91 Å². The number of piperazine rings is 1. The highest BCUT2D eigenvalue weighted by molar-refractivity contribution is 6.06. The summed E-state index contributed by atoms with van der Waals surface area (Å²) in [4.78, 5) is 21.6. The van der Waals surface area contributed by atoms with E-state index in [0.29, 0.717) is 13.1 Å². The molecule has 0 N–H and O–H groups in total. The van der Waals surface area contributed by atoms with E-state index in [0.717, 1.165) is 41.0 Å². The second-order valence-corrected chi connectivity index (χ2v) is 6.35. The SMILES string of the molecule is COc1ccc(N2CCN(C(=O)c3cccc4ncccc34)CC2)cc1. The molecule has 4 rings (SSSR count). The molecule has 1 saturated heterocycles. The van der Waals surface area contributed by atoms with Crippen molar-refractivity contribution >= 4 is 22.5 Å². The monoisotopic (exact) mass is 347 g/mol. The van der Waals surface area contributed by atoms with Crippen LogP contribution in [-0.2, 0) is 0 Å². The number of hydrogen-bond acceptors (Lipinski definition) is 4. The van der Waals surface area contributed by atoms with Gasteiger partial charge >= 0.3 is 0 Å². The van der Waals surface area contributed by atoms with Crippen LogP contribution in [0.15, 0.2) is 60.8 Å². The maximum Gasteiger partial charge on any atom is 0.254 e. The minimum Gasteiger partial charge on any atom is -0.497 e. The van der Waals surface area contributed by atoms with Gasteiger partial charge in [-0.25, -0.2) is 0 Å². The number of nitrogens with zero attached hydrogens (tertiary/aromatic N) is 3. The van der Waals surface area contributed by atoms with E-state index in [1.165, 1.54) is 0 Å². The third kappa shape index (κ3) is 3.08. The molecule has 2 heterocycles. The molecule has 1 aliphatic rings. The molecule has 0 bridgehead atoms. The molecule has 0 saturated carbocycles. The first-order valence-electron chi connectivity index (χ1n) is 8.78. The maximum absolute atomic E-state index is 13.0. The number of benzene rings is 2. The van der Waals surface area contributed by atoms with Crippen molar-refractivity contribution in [3.05, 3.63) is 66.4 Å². The van der Waals surface area contributed by atoms with Crippen LogP contribution in [0.5, 0.6) is 5.75 Å². The van der Waals surface area contributed by atoms with Gasteiger partial charge in [0.25, 0.3) is 5.91 Å². The van der Waals surface area contributed by atoms with Crippen LogP contribution in [0, 0.1) is 0 Å². The molecule has 2 aromatic carbocycles. The van der Waals surface area contributed by atoms with Crippen molar-refractivity contribution in [1.82, 2.24) is 9.88 Å². The molecule has 0 aliphatic carbocycles. The van der Waals surface area contributed by atoms with Gasteiger partial charge in [-0.15, -0.1) is 0 Å². The molecule has 1 aromatic heterocycles. The van der Waals surface area contributed by atoms with Crippen molar-refractivity contribution in [3.8, 4) is 5.75 Å². The Morgan fingerprint density at radius 3 is 2.46 bits per heavy atom. The first-order chi connectivity index (χ1) is 12.8. The number of carbonyl (C=O) groups excluding carboxylic acids is 1. The van der Waals surface area contributed by atoms with Crippen molar-refractivity contribution in [2.24, 2.45) is 0 Å². The van der Waals surface area contributed by atoms with Crippen molar-refractivity contribution in [1.29, 1.82) is 0 Å². The average Bonchev–Trinajstić information content (AvgIpc) is 2.73. The van der Waals surface area contributed by atoms with Crippen molar-refractivity contribution < 1.29 is 9.53 Å². The Morgan fingerprint density at radius 2 is 1.73 bits per heavy atom. The average molecular weight is 347 g/mol. The molecule has 132 valence electrons. The lowest BCUT2D eigenvalue weighted by Gasteiger charge is -2.36. The second-order valence-electron chi connectivity index (χ2n) is 6.35. The number of fused-ring (bicyclic) bond motifs is 1. The van der Waals surface area contributed by atoms with Gasteiger partial charge < -0.3 is 14.5 Å². The number of anilines is 1. The molecule has 1 fully saturated rings. The number of rotatable bonds is 3. The zero-order valence-electron chi connectivity index (χ0n) is 14.8. The lowest BCUT2D eigenvalue weighted by molar-refractivity contribution is 0.0749. The molecule has 26 heavy (non-hydrogen) atoms. The summed E-state index contributed by atoms with van der Waals surface area (Å²) >= 11 is 0. The van der Waals surface area contributed by atoms with Gasteiger partial charge in [-0.2, -0.15) is 0 Å².